The van der Waals surface area contributed by atoms with Crippen LogP contribution in [0.15, 0.2) is 12.3 Å². The molecule has 0 aromatic carbocycles. The van der Waals surface area contributed by atoms with Gasteiger partial charge in [-0.1, -0.05) is 13.8 Å². The van der Waals surface area contributed by atoms with Crippen molar-refractivity contribution in [3.05, 3.63) is 23.5 Å². The maximum atomic E-state index is 12.5. The van der Waals surface area contributed by atoms with Crippen molar-refractivity contribution in [3.8, 4) is 0 Å². The fourth-order valence-electron chi connectivity index (χ4n) is 2.64. The van der Waals surface area contributed by atoms with Gasteiger partial charge in [-0.2, -0.15) is 5.10 Å². The Bertz CT molecular complexity index is 691. The molecule has 2 aromatic heterocycles. The normalized spacial score (nSPS) is 13.0. The molecule has 23 heavy (non-hydrogen) atoms. The van der Waals surface area contributed by atoms with Gasteiger partial charge in [0.1, 0.15) is 0 Å². The molecule has 1 atom stereocenters. The molecule has 0 saturated carbocycles. The van der Waals surface area contributed by atoms with Crippen LogP contribution in [0.1, 0.15) is 56.2 Å². The first-order chi connectivity index (χ1) is 10.8. The molecular weight excluding hydrogens is 292 g/mol. The zero-order chi connectivity index (χ0) is 17.1. The van der Waals surface area contributed by atoms with Crippen molar-refractivity contribution in [1.82, 2.24) is 20.1 Å². The molecule has 6 nitrogen and oxygen atoms in total. The molecule has 1 unspecified atom stereocenters. The van der Waals surface area contributed by atoms with Crippen LogP contribution in [-0.4, -0.2) is 38.4 Å². The van der Waals surface area contributed by atoms with E-state index in [0.717, 1.165) is 11.1 Å². The van der Waals surface area contributed by atoms with Crippen LogP contribution in [0.25, 0.3) is 11.0 Å². The summed E-state index contributed by atoms with van der Waals surface area (Å²) in [6, 6.07) is 1.93. The van der Waals surface area contributed by atoms with E-state index >= 15 is 0 Å². The summed E-state index contributed by atoms with van der Waals surface area (Å²) in [5, 5.41) is 17.8. The van der Waals surface area contributed by atoms with Crippen molar-refractivity contribution in [3.63, 3.8) is 0 Å². The Hall–Kier alpha value is -1.95. The molecule has 1 amide bonds. The molecule has 0 fully saturated rings. The molecule has 126 valence electrons. The number of fused-ring (bicyclic) bond motifs is 1. The van der Waals surface area contributed by atoms with Gasteiger partial charge in [-0.25, -0.2) is 9.67 Å². The molecule has 0 aliphatic heterocycles. The van der Waals surface area contributed by atoms with Crippen molar-refractivity contribution < 1.29 is 9.90 Å². The summed E-state index contributed by atoms with van der Waals surface area (Å²) >= 11 is 0. The van der Waals surface area contributed by atoms with Gasteiger partial charge in [-0.15, -0.1) is 0 Å². The lowest BCUT2D eigenvalue weighted by atomic mass is 10.1. The van der Waals surface area contributed by atoms with E-state index in [1.165, 1.54) is 0 Å². The van der Waals surface area contributed by atoms with Gasteiger partial charge >= 0.3 is 0 Å². The van der Waals surface area contributed by atoms with E-state index < -0.39 is 6.10 Å². The van der Waals surface area contributed by atoms with E-state index in [1.54, 1.807) is 12.3 Å². The van der Waals surface area contributed by atoms with Crippen LogP contribution in [0.5, 0.6) is 0 Å². The zero-order valence-corrected chi connectivity index (χ0v) is 14.5. The second-order valence-electron chi connectivity index (χ2n) is 6.72. The van der Waals surface area contributed by atoms with Gasteiger partial charge in [0.05, 0.1) is 23.3 Å². The molecule has 0 radical (unpaired) electrons. The molecule has 2 rings (SSSR count). The summed E-state index contributed by atoms with van der Waals surface area (Å²) < 4.78 is 1.81. The third kappa shape index (κ3) is 4.07. The highest BCUT2D eigenvalue weighted by Crippen LogP contribution is 2.21. The maximum absolute atomic E-state index is 12.5. The Morgan fingerprint density at radius 1 is 1.35 bits per heavy atom. The summed E-state index contributed by atoms with van der Waals surface area (Å²) in [4.78, 5) is 17.0. The number of hydrogen-bond acceptors (Lipinski definition) is 4. The predicted octanol–water partition coefficient (Wildman–Crippen LogP) is 2.46. The number of nitrogens with zero attached hydrogens (tertiary/aromatic N) is 3. The van der Waals surface area contributed by atoms with Gasteiger partial charge in [-0.3, -0.25) is 4.79 Å². The lowest BCUT2D eigenvalue weighted by molar-refractivity contribution is 0.0901. The zero-order valence-electron chi connectivity index (χ0n) is 14.5. The van der Waals surface area contributed by atoms with E-state index in [0.29, 0.717) is 23.5 Å². The Labute approximate surface area is 136 Å². The lowest BCUT2D eigenvalue weighted by Crippen LogP contribution is -2.33. The number of aliphatic hydroxyl groups excluding tert-OH is 1. The topological polar surface area (TPSA) is 80.0 Å². The number of pyridine rings is 1. The van der Waals surface area contributed by atoms with Crippen LogP contribution in [0.4, 0.5) is 0 Å². The second kappa shape index (κ2) is 7.08. The van der Waals surface area contributed by atoms with Gasteiger partial charge in [-0.05, 0) is 39.2 Å². The number of aliphatic hydroxyl groups is 1. The number of nitrogens with one attached hydrogen (secondary N) is 1. The third-order valence-corrected chi connectivity index (χ3v) is 3.67. The summed E-state index contributed by atoms with van der Waals surface area (Å²) in [5.41, 5.74) is 2.04. The molecular formula is C17H26N4O2. The number of carbonyl (C=O) groups excluding carboxylic acids is 1. The Morgan fingerprint density at radius 3 is 2.65 bits per heavy atom. The standard InChI is InChI=1S/C17H26N4O2/c1-10(2)6-13(22)8-18-17(23)14-7-12(5)20-16-15(14)9-19-21(16)11(3)4/h7,9-11,13,22H,6,8H2,1-5H3,(H,18,23). The average Bonchev–Trinajstić information content (AvgIpc) is 2.86. The first-order valence-electron chi connectivity index (χ1n) is 8.10. The Balaban J connectivity index is 2.23. The molecule has 2 N–H and O–H groups in total. The molecule has 0 bridgehead atoms. The van der Waals surface area contributed by atoms with E-state index in [4.69, 9.17) is 0 Å². The number of aromatic nitrogens is 3. The van der Waals surface area contributed by atoms with Gasteiger partial charge in [0.2, 0.25) is 0 Å². The fraction of sp³-hybridized carbons (Fsp3) is 0.588. The Morgan fingerprint density at radius 2 is 2.04 bits per heavy atom. The predicted molar refractivity (Wildman–Crippen MR) is 90.4 cm³/mol. The fourth-order valence-corrected chi connectivity index (χ4v) is 2.64. The monoisotopic (exact) mass is 318 g/mol. The van der Waals surface area contributed by atoms with Crippen LogP contribution >= 0.6 is 0 Å². The third-order valence-electron chi connectivity index (χ3n) is 3.67. The molecule has 2 aromatic rings. The lowest BCUT2D eigenvalue weighted by Gasteiger charge is -2.14. The van der Waals surface area contributed by atoms with Crippen LogP contribution < -0.4 is 5.32 Å². The minimum absolute atomic E-state index is 0.172. The van der Waals surface area contributed by atoms with Crippen LogP contribution in [0.3, 0.4) is 0 Å². The molecule has 6 heteroatoms. The van der Waals surface area contributed by atoms with Gasteiger partial charge in [0, 0.05) is 18.3 Å². The van der Waals surface area contributed by atoms with Gasteiger partial charge < -0.3 is 10.4 Å². The van der Waals surface area contributed by atoms with Crippen molar-refractivity contribution >= 4 is 16.9 Å². The first kappa shape index (κ1) is 17.4. The number of hydrogen-bond donors (Lipinski definition) is 2. The van der Waals surface area contributed by atoms with Crippen molar-refractivity contribution in [2.24, 2.45) is 5.92 Å². The first-order valence-corrected chi connectivity index (χ1v) is 8.10. The molecule has 0 aliphatic carbocycles. The molecule has 0 spiro atoms. The van der Waals surface area contributed by atoms with E-state index in [1.807, 2.05) is 39.3 Å². The highest BCUT2D eigenvalue weighted by atomic mass is 16.3. The van der Waals surface area contributed by atoms with Gasteiger partial charge in [0.15, 0.2) is 5.65 Å². The maximum Gasteiger partial charge on any atom is 0.252 e. The minimum atomic E-state index is -0.532. The number of amides is 1. The average molecular weight is 318 g/mol. The minimum Gasteiger partial charge on any atom is -0.391 e. The number of carbonyl (C=O) groups is 1. The quantitative estimate of drug-likeness (QED) is 0.857. The van der Waals surface area contributed by atoms with Crippen LogP contribution in [0, 0.1) is 12.8 Å². The van der Waals surface area contributed by atoms with Crippen molar-refractivity contribution in [2.45, 2.75) is 53.2 Å². The number of rotatable bonds is 6. The van der Waals surface area contributed by atoms with Crippen molar-refractivity contribution in [1.29, 1.82) is 0 Å². The second-order valence-corrected chi connectivity index (χ2v) is 6.72. The largest absolute Gasteiger partial charge is 0.391 e. The summed E-state index contributed by atoms with van der Waals surface area (Å²) in [6.45, 7) is 10.2. The van der Waals surface area contributed by atoms with E-state index in [9.17, 15) is 9.90 Å². The smallest absolute Gasteiger partial charge is 0.252 e. The molecule has 2 heterocycles. The Kier molecular flexibility index (Phi) is 5.36. The molecule has 0 aliphatic rings. The highest BCUT2D eigenvalue weighted by molar-refractivity contribution is 6.05. The van der Waals surface area contributed by atoms with Gasteiger partial charge in [0.25, 0.3) is 5.91 Å². The van der Waals surface area contributed by atoms with Crippen LogP contribution in [-0.2, 0) is 0 Å². The summed E-state index contributed by atoms with van der Waals surface area (Å²) in [5.74, 6) is 0.188. The highest BCUT2D eigenvalue weighted by Gasteiger charge is 2.17. The SMILES string of the molecule is Cc1cc(C(=O)NCC(O)CC(C)C)c2cnn(C(C)C)c2n1. The van der Waals surface area contributed by atoms with Crippen LogP contribution in [0.2, 0.25) is 0 Å². The van der Waals surface area contributed by atoms with Crippen molar-refractivity contribution in [2.75, 3.05) is 6.54 Å². The van der Waals surface area contributed by atoms with E-state index in [2.05, 4.69) is 15.4 Å². The summed E-state index contributed by atoms with van der Waals surface area (Å²) in [6.07, 6.45) is 1.81. The summed E-state index contributed by atoms with van der Waals surface area (Å²) in [7, 11) is 0. The van der Waals surface area contributed by atoms with E-state index in [-0.39, 0.29) is 18.5 Å². The molecule has 0 saturated heterocycles. The number of aryl methyl sites for hydroxylation is 1.